The normalized spacial score (nSPS) is 18.4. The van der Waals surface area contributed by atoms with Crippen LogP contribution < -0.4 is 9.64 Å². The van der Waals surface area contributed by atoms with Gasteiger partial charge in [0.2, 0.25) is 5.91 Å². The second kappa shape index (κ2) is 11.1. The lowest BCUT2D eigenvalue weighted by molar-refractivity contribution is -0.129. The number of carbonyl (C=O) groups excluding carboxylic acids is 1. The summed E-state index contributed by atoms with van der Waals surface area (Å²) in [5, 5.41) is 0. The van der Waals surface area contributed by atoms with Gasteiger partial charge in [-0.3, -0.25) is 4.79 Å². The van der Waals surface area contributed by atoms with Gasteiger partial charge in [0.1, 0.15) is 5.75 Å². The van der Waals surface area contributed by atoms with E-state index >= 15 is 0 Å². The maximum atomic E-state index is 12.5. The minimum atomic E-state index is -0.127. The fraction of sp³-hybridized carbons (Fsp3) is 0.536. The van der Waals surface area contributed by atoms with Crippen LogP contribution in [0.5, 0.6) is 5.75 Å². The number of benzene rings is 2. The molecule has 2 aromatic carbocycles. The third-order valence-electron chi connectivity index (χ3n) is 6.82. The number of para-hydroxylation sites is 1. The lowest BCUT2D eigenvalue weighted by Crippen LogP contribution is -2.37. The Morgan fingerprint density at radius 3 is 2.45 bits per heavy atom. The first-order valence-electron chi connectivity index (χ1n) is 12.0. The molecule has 1 fully saturated rings. The van der Waals surface area contributed by atoms with Crippen molar-refractivity contribution >= 4 is 11.6 Å². The summed E-state index contributed by atoms with van der Waals surface area (Å²) in [6, 6.07) is 16.8. The molecule has 180 valence electrons. The van der Waals surface area contributed by atoms with Gasteiger partial charge in [-0.15, -0.1) is 0 Å². The van der Waals surface area contributed by atoms with E-state index in [2.05, 4.69) is 55.1 Å². The van der Waals surface area contributed by atoms with E-state index in [-0.39, 0.29) is 11.5 Å². The zero-order valence-electron chi connectivity index (χ0n) is 21.1. The Morgan fingerprint density at radius 1 is 1.15 bits per heavy atom. The van der Waals surface area contributed by atoms with Crippen molar-refractivity contribution in [1.29, 1.82) is 0 Å². The largest absolute Gasteiger partial charge is 0.496 e. The lowest BCUT2D eigenvalue weighted by Gasteiger charge is -2.40. The van der Waals surface area contributed by atoms with E-state index < -0.39 is 0 Å². The first-order valence-corrected chi connectivity index (χ1v) is 12.0. The fourth-order valence-corrected chi connectivity index (χ4v) is 5.00. The van der Waals surface area contributed by atoms with E-state index in [0.29, 0.717) is 24.9 Å². The van der Waals surface area contributed by atoms with Gasteiger partial charge < -0.3 is 19.3 Å². The van der Waals surface area contributed by atoms with Crippen molar-refractivity contribution in [2.24, 2.45) is 5.92 Å². The van der Waals surface area contributed by atoms with Crippen LogP contribution in [0.2, 0.25) is 0 Å². The third-order valence-corrected chi connectivity index (χ3v) is 6.82. The molecule has 5 nitrogen and oxygen atoms in total. The molecule has 0 radical (unpaired) electrons. The van der Waals surface area contributed by atoms with Crippen molar-refractivity contribution in [2.75, 3.05) is 39.3 Å². The van der Waals surface area contributed by atoms with Crippen LogP contribution in [-0.4, -0.2) is 50.8 Å². The predicted octanol–water partition coefficient (Wildman–Crippen LogP) is 5.49. The second-order valence-electron chi connectivity index (χ2n) is 10.00. The van der Waals surface area contributed by atoms with Crippen LogP contribution in [0.4, 0.5) is 5.69 Å². The predicted molar refractivity (Wildman–Crippen MR) is 135 cm³/mol. The molecule has 1 aliphatic heterocycles. The molecule has 0 aliphatic carbocycles. The molecule has 0 bridgehead atoms. The topological polar surface area (TPSA) is 42.0 Å². The van der Waals surface area contributed by atoms with Crippen molar-refractivity contribution in [3.63, 3.8) is 0 Å². The van der Waals surface area contributed by atoms with Crippen LogP contribution in [0.1, 0.15) is 57.1 Å². The Hall–Kier alpha value is -2.53. The Bertz CT molecular complexity index is 908. The first-order chi connectivity index (χ1) is 15.7. The quantitative estimate of drug-likeness (QED) is 0.505. The van der Waals surface area contributed by atoms with Gasteiger partial charge in [0.25, 0.3) is 0 Å². The molecule has 33 heavy (non-hydrogen) atoms. The number of nitrogens with zero attached hydrogens (tertiary/aromatic N) is 2. The molecule has 0 aromatic heterocycles. The van der Waals surface area contributed by atoms with Gasteiger partial charge in [0.15, 0.2) is 0 Å². The summed E-state index contributed by atoms with van der Waals surface area (Å²) in [4.78, 5) is 16.6. The standard InChI is InChI=1S/C28H40N2O3/c1-21(31)30(20-22-11-13-24(14-12-22)29(4)5)17-15-25(23-16-18-33-28(2,3)19-23)26-9-7-8-10-27(26)32-6/h7-14,23,25H,15-20H2,1-6H3/t23-,25+/m1/s1. The molecule has 5 heteroatoms. The number of methoxy groups -OCH3 is 1. The maximum absolute atomic E-state index is 12.5. The highest BCUT2D eigenvalue weighted by atomic mass is 16.5. The molecule has 2 atom stereocenters. The number of amides is 1. The highest BCUT2D eigenvalue weighted by Gasteiger charge is 2.35. The summed E-state index contributed by atoms with van der Waals surface area (Å²) < 4.78 is 11.7. The monoisotopic (exact) mass is 452 g/mol. The smallest absolute Gasteiger partial charge is 0.219 e. The van der Waals surface area contributed by atoms with E-state index in [1.54, 1.807) is 14.0 Å². The molecular formula is C28H40N2O3. The molecule has 3 rings (SSSR count). The van der Waals surface area contributed by atoms with Crippen LogP contribution in [0.15, 0.2) is 48.5 Å². The van der Waals surface area contributed by atoms with Crippen LogP contribution in [0.3, 0.4) is 0 Å². The van der Waals surface area contributed by atoms with Gasteiger partial charge in [-0.25, -0.2) is 0 Å². The van der Waals surface area contributed by atoms with Crippen LogP contribution in [0, 0.1) is 5.92 Å². The molecule has 1 saturated heterocycles. The van der Waals surface area contributed by atoms with Gasteiger partial charge in [-0.1, -0.05) is 30.3 Å². The van der Waals surface area contributed by atoms with Crippen LogP contribution in [-0.2, 0) is 16.1 Å². The summed E-state index contributed by atoms with van der Waals surface area (Å²) in [6.07, 6.45) is 2.93. The van der Waals surface area contributed by atoms with Crippen molar-refractivity contribution in [3.8, 4) is 5.75 Å². The fourth-order valence-electron chi connectivity index (χ4n) is 5.00. The van der Waals surface area contributed by atoms with Crippen molar-refractivity contribution < 1.29 is 14.3 Å². The number of anilines is 1. The third kappa shape index (κ3) is 6.73. The lowest BCUT2D eigenvalue weighted by atomic mass is 9.75. The molecule has 1 aliphatic rings. The Kier molecular flexibility index (Phi) is 8.41. The van der Waals surface area contributed by atoms with E-state index in [9.17, 15) is 4.79 Å². The molecule has 0 unspecified atom stereocenters. The number of hydrogen-bond acceptors (Lipinski definition) is 4. The summed E-state index contributed by atoms with van der Waals surface area (Å²) in [6.45, 7) is 8.14. The average Bonchev–Trinajstić information content (AvgIpc) is 2.78. The van der Waals surface area contributed by atoms with Crippen molar-refractivity contribution in [1.82, 2.24) is 4.90 Å². The maximum Gasteiger partial charge on any atom is 0.219 e. The molecule has 0 N–H and O–H groups in total. The van der Waals surface area contributed by atoms with Gasteiger partial charge in [-0.2, -0.15) is 0 Å². The minimum absolute atomic E-state index is 0.109. The molecule has 0 saturated carbocycles. The zero-order chi connectivity index (χ0) is 24.0. The highest BCUT2D eigenvalue weighted by molar-refractivity contribution is 5.73. The Labute approximate surface area is 199 Å². The van der Waals surface area contributed by atoms with Crippen LogP contribution in [0.25, 0.3) is 0 Å². The SMILES string of the molecule is COc1ccccc1[C@@H](CCN(Cc1ccc(N(C)C)cc1)C(C)=O)[C@@H]1CCOC(C)(C)C1. The van der Waals surface area contributed by atoms with Crippen LogP contribution >= 0.6 is 0 Å². The molecule has 1 heterocycles. The first kappa shape index (κ1) is 25.1. The number of carbonyl (C=O) groups is 1. The van der Waals surface area contributed by atoms with Gasteiger partial charge in [0.05, 0.1) is 12.7 Å². The highest BCUT2D eigenvalue weighted by Crippen LogP contribution is 2.42. The van der Waals surface area contributed by atoms with E-state index in [0.717, 1.165) is 42.9 Å². The summed E-state index contributed by atoms with van der Waals surface area (Å²) >= 11 is 0. The average molecular weight is 453 g/mol. The summed E-state index contributed by atoms with van der Waals surface area (Å²) in [5.41, 5.74) is 3.42. The molecule has 2 aromatic rings. The van der Waals surface area contributed by atoms with Gasteiger partial charge >= 0.3 is 0 Å². The summed E-state index contributed by atoms with van der Waals surface area (Å²) in [5.74, 6) is 1.83. The molecule has 0 spiro atoms. The van der Waals surface area contributed by atoms with Gasteiger partial charge in [-0.05, 0) is 74.3 Å². The van der Waals surface area contributed by atoms with Crippen molar-refractivity contribution in [3.05, 3.63) is 59.7 Å². The second-order valence-corrected chi connectivity index (χ2v) is 10.00. The van der Waals surface area contributed by atoms with Crippen molar-refractivity contribution in [2.45, 2.75) is 58.1 Å². The minimum Gasteiger partial charge on any atom is -0.496 e. The Morgan fingerprint density at radius 2 is 1.85 bits per heavy atom. The Balaban J connectivity index is 1.79. The number of hydrogen-bond donors (Lipinski definition) is 0. The number of rotatable bonds is 9. The van der Waals surface area contributed by atoms with Gasteiger partial charge in [0, 0.05) is 46.4 Å². The zero-order valence-corrected chi connectivity index (χ0v) is 21.1. The molecular weight excluding hydrogens is 412 g/mol. The summed E-state index contributed by atoms with van der Waals surface area (Å²) in [7, 11) is 5.81. The van der Waals surface area contributed by atoms with E-state index in [1.165, 1.54) is 5.56 Å². The number of ether oxygens (including phenoxy) is 2. The molecule has 1 amide bonds. The van der Waals surface area contributed by atoms with E-state index in [1.807, 2.05) is 31.1 Å². The van der Waals surface area contributed by atoms with E-state index in [4.69, 9.17) is 9.47 Å².